The summed E-state index contributed by atoms with van der Waals surface area (Å²) in [6, 6.07) is 21.6. The first-order valence-electron chi connectivity index (χ1n) is 9.52. The van der Waals surface area contributed by atoms with Gasteiger partial charge in [-0.2, -0.15) is 0 Å². The number of carbonyl (C=O) groups is 2. The second-order valence-corrected chi connectivity index (χ2v) is 7.80. The standard InChI is InChI=1S/C25H21NO3S/c1-16-23(25(28)29-2)21(15-17-11-13-19(30-3)14-12-17)24(27)26(16)22-10-6-8-18-7-4-5-9-20(18)22/h4-15H,1-3H3/b21-15-. The third-order valence-electron chi connectivity index (χ3n) is 5.22. The number of nitrogens with zero attached hydrogens (tertiary/aromatic N) is 1. The average molecular weight is 416 g/mol. The van der Waals surface area contributed by atoms with Crippen LogP contribution in [0.1, 0.15) is 12.5 Å². The quantitative estimate of drug-likeness (QED) is 0.323. The van der Waals surface area contributed by atoms with Gasteiger partial charge in [-0.05, 0) is 48.4 Å². The van der Waals surface area contributed by atoms with Crippen LogP contribution >= 0.6 is 11.8 Å². The molecule has 0 saturated heterocycles. The molecule has 1 aliphatic rings. The molecular weight excluding hydrogens is 394 g/mol. The van der Waals surface area contributed by atoms with Gasteiger partial charge in [-0.1, -0.05) is 48.5 Å². The molecule has 0 N–H and O–H groups in total. The van der Waals surface area contributed by atoms with Crippen molar-refractivity contribution in [1.82, 2.24) is 0 Å². The fourth-order valence-electron chi connectivity index (χ4n) is 3.74. The maximum absolute atomic E-state index is 13.5. The normalized spacial score (nSPS) is 15.4. The van der Waals surface area contributed by atoms with Gasteiger partial charge in [0, 0.05) is 16.0 Å². The molecule has 1 aliphatic heterocycles. The lowest BCUT2D eigenvalue weighted by molar-refractivity contribution is -0.136. The van der Waals surface area contributed by atoms with Crippen molar-refractivity contribution in [3.05, 3.63) is 89.1 Å². The van der Waals surface area contributed by atoms with E-state index in [0.717, 1.165) is 26.9 Å². The lowest BCUT2D eigenvalue weighted by Crippen LogP contribution is -2.24. The van der Waals surface area contributed by atoms with Crippen molar-refractivity contribution in [3.63, 3.8) is 0 Å². The molecule has 3 aromatic carbocycles. The Morgan fingerprint density at radius 3 is 2.40 bits per heavy atom. The number of thioether (sulfide) groups is 1. The van der Waals surface area contributed by atoms with Crippen molar-refractivity contribution < 1.29 is 14.3 Å². The van der Waals surface area contributed by atoms with Crippen molar-refractivity contribution in [2.75, 3.05) is 18.3 Å². The number of esters is 1. The van der Waals surface area contributed by atoms with E-state index in [2.05, 4.69) is 0 Å². The number of ether oxygens (including phenoxy) is 1. The monoisotopic (exact) mass is 415 g/mol. The summed E-state index contributed by atoms with van der Waals surface area (Å²) in [5, 5.41) is 1.97. The second kappa shape index (κ2) is 8.20. The molecule has 0 spiro atoms. The number of hydrogen-bond donors (Lipinski definition) is 0. The molecule has 0 aliphatic carbocycles. The summed E-state index contributed by atoms with van der Waals surface area (Å²) in [7, 11) is 1.33. The molecule has 0 bridgehead atoms. The molecule has 30 heavy (non-hydrogen) atoms. The summed E-state index contributed by atoms with van der Waals surface area (Å²) < 4.78 is 5.01. The van der Waals surface area contributed by atoms with Crippen LogP contribution in [0.3, 0.4) is 0 Å². The number of allylic oxidation sites excluding steroid dienone is 1. The van der Waals surface area contributed by atoms with Crippen LogP contribution in [0.4, 0.5) is 5.69 Å². The molecule has 4 rings (SSSR count). The first kappa shape index (κ1) is 20.0. The van der Waals surface area contributed by atoms with E-state index in [1.54, 1.807) is 29.7 Å². The van der Waals surface area contributed by atoms with Gasteiger partial charge in [0.1, 0.15) is 0 Å². The van der Waals surface area contributed by atoms with Gasteiger partial charge in [-0.3, -0.25) is 9.69 Å². The molecule has 5 heteroatoms. The molecule has 0 aromatic heterocycles. The van der Waals surface area contributed by atoms with Gasteiger partial charge in [0.15, 0.2) is 0 Å². The molecule has 0 atom stereocenters. The third-order valence-corrected chi connectivity index (χ3v) is 5.97. The Morgan fingerprint density at radius 1 is 1.00 bits per heavy atom. The first-order chi connectivity index (χ1) is 14.5. The summed E-state index contributed by atoms with van der Waals surface area (Å²) in [6.07, 6.45) is 3.77. The zero-order chi connectivity index (χ0) is 21.3. The number of amides is 1. The predicted octanol–water partition coefficient (Wildman–Crippen LogP) is 5.44. The molecule has 0 fully saturated rings. The Bertz CT molecular complexity index is 1200. The number of benzene rings is 3. The van der Waals surface area contributed by atoms with Crippen LogP contribution in [0.5, 0.6) is 0 Å². The van der Waals surface area contributed by atoms with Crippen molar-refractivity contribution in [2.24, 2.45) is 0 Å². The summed E-state index contributed by atoms with van der Waals surface area (Å²) in [4.78, 5) is 28.9. The Hall–Kier alpha value is -3.31. The highest BCUT2D eigenvalue weighted by Crippen LogP contribution is 2.38. The highest BCUT2D eigenvalue weighted by molar-refractivity contribution is 7.98. The van der Waals surface area contributed by atoms with E-state index in [1.807, 2.05) is 73.0 Å². The predicted molar refractivity (Wildman–Crippen MR) is 122 cm³/mol. The molecule has 0 radical (unpaired) electrons. The van der Waals surface area contributed by atoms with Gasteiger partial charge in [0.25, 0.3) is 5.91 Å². The van der Waals surface area contributed by atoms with Crippen molar-refractivity contribution in [2.45, 2.75) is 11.8 Å². The Balaban J connectivity index is 1.87. The zero-order valence-electron chi connectivity index (χ0n) is 17.0. The van der Waals surface area contributed by atoms with E-state index in [-0.39, 0.29) is 5.91 Å². The summed E-state index contributed by atoms with van der Waals surface area (Å²) in [6.45, 7) is 1.78. The number of methoxy groups -OCH3 is 1. The largest absolute Gasteiger partial charge is 0.465 e. The van der Waals surface area contributed by atoms with Crippen LogP contribution in [-0.2, 0) is 14.3 Å². The highest BCUT2D eigenvalue weighted by atomic mass is 32.2. The maximum atomic E-state index is 13.5. The molecule has 150 valence electrons. The summed E-state index contributed by atoms with van der Waals surface area (Å²) >= 11 is 1.65. The highest BCUT2D eigenvalue weighted by Gasteiger charge is 2.38. The molecule has 1 heterocycles. The van der Waals surface area contributed by atoms with E-state index >= 15 is 0 Å². The van der Waals surface area contributed by atoms with E-state index in [9.17, 15) is 9.59 Å². The summed E-state index contributed by atoms with van der Waals surface area (Å²) in [5.41, 5.74) is 2.80. The number of fused-ring (bicyclic) bond motifs is 1. The van der Waals surface area contributed by atoms with Crippen LogP contribution in [0.15, 0.2) is 88.5 Å². The Kier molecular flexibility index (Phi) is 5.46. The number of hydrogen-bond acceptors (Lipinski definition) is 4. The van der Waals surface area contributed by atoms with E-state index in [1.165, 1.54) is 7.11 Å². The van der Waals surface area contributed by atoms with Gasteiger partial charge in [0.05, 0.1) is 23.9 Å². The molecule has 1 amide bonds. The van der Waals surface area contributed by atoms with Crippen molar-refractivity contribution >= 4 is 46.2 Å². The fraction of sp³-hybridized carbons (Fsp3) is 0.120. The first-order valence-corrected chi connectivity index (χ1v) is 10.7. The number of anilines is 1. The molecule has 3 aromatic rings. The van der Waals surface area contributed by atoms with E-state index < -0.39 is 5.97 Å². The smallest absolute Gasteiger partial charge is 0.340 e. The SMILES string of the molecule is COC(=O)C1=C(C)N(c2cccc3ccccc23)C(=O)/C1=C\c1ccc(SC)cc1. The van der Waals surface area contributed by atoms with Gasteiger partial charge in [-0.25, -0.2) is 4.79 Å². The fourth-order valence-corrected chi connectivity index (χ4v) is 4.15. The van der Waals surface area contributed by atoms with Gasteiger partial charge < -0.3 is 4.74 Å². The minimum Gasteiger partial charge on any atom is -0.465 e. The molecule has 4 nitrogen and oxygen atoms in total. The molecule has 0 unspecified atom stereocenters. The van der Waals surface area contributed by atoms with Gasteiger partial charge in [0.2, 0.25) is 0 Å². The van der Waals surface area contributed by atoms with Crippen LogP contribution in [0, 0.1) is 0 Å². The second-order valence-electron chi connectivity index (χ2n) is 6.92. The maximum Gasteiger partial charge on any atom is 0.340 e. The van der Waals surface area contributed by atoms with Gasteiger partial charge >= 0.3 is 5.97 Å². The van der Waals surface area contributed by atoms with Gasteiger partial charge in [-0.15, -0.1) is 11.8 Å². The lowest BCUT2D eigenvalue weighted by atomic mass is 10.0. The molecule has 0 saturated carbocycles. The molecular formula is C25H21NO3S. The Labute approximate surface area is 179 Å². The van der Waals surface area contributed by atoms with Crippen molar-refractivity contribution in [3.8, 4) is 0 Å². The summed E-state index contributed by atoms with van der Waals surface area (Å²) in [5.74, 6) is -0.756. The van der Waals surface area contributed by atoms with E-state index in [0.29, 0.717) is 16.8 Å². The topological polar surface area (TPSA) is 46.6 Å². The lowest BCUT2D eigenvalue weighted by Gasteiger charge is -2.20. The van der Waals surface area contributed by atoms with Crippen molar-refractivity contribution in [1.29, 1.82) is 0 Å². The number of carbonyl (C=O) groups excluding carboxylic acids is 2. The van der Waals surface area contributed by atoms with Crippen LogP contribution in [0.25, 0.3) is 16.8 Å². The Morgan fingerprint density at radius 2 is 1.70 bits per heavy atom. The van der Waals surface area contributed by atoms with Crippen LogP contribution in [-0.4, -0.2) is 25.2 Å². The van der Waals surface area contributed by atoms with E-state index in [4.69, 9.17) is 4.74 Å². The minimum atomic E-state index is -0.518. The number of rotatable bonds is 4. The third kappa shape index (κ3) is 3.42. The average Bonchev–Trinajstić information content (AvgIpc) is 3.02. The van der Waals surface area contributed by atoms with Crippen LogP contribution in [0.2, 0.25) is 0 Å². The minimum absolute atomic E-state index is 0.238. The zero-order valence-corrected chi connectivity index (χ0v) is 17.8. The van der Waals surface area contributed by atoms with Crippen LogP contribution < -0.4 is 4.90 Å².